The number of carbonyl (C=O) groups is 1. The number of rotatable bonds is 4. The van der Waals surface area contributed by atoms with E-state index in [2.05, 4.69) is 0 Å². The molecule has 0 aromatic heterocycles. The maximum Gasteiger partial charge on any atom is 0.163 e. The summed E-state index contributed by atoms with van der Waals surface area (Å²) in [6.45, 7) is 1.89. The Balaban J connectivity index is 2.21. The molecule has 0 radical (unpaired) electrons. The second-order valence-electron chi connectivity index (χ2n) is 3.95. The Labute approximate surface area is 111 Å². The second kappa shape index (κ2) is 5.69. The number of ketones is 1. The van der Waals surface area contributed by atoms with E-state index in [1.165, 1.54) is 6.92 Å². The van der Waals surface area contributed by atoms with Crippen LogP contribution in [0.4, 0.5) is 0 Å². The van der Waals surface area contributed by atoms with Crippen LogP contribution in [0.25, 0.3) is 0 Å². The minimum atomic E-state index is -0.0550. The lowest BCUT2D eigenvalue weighted by molar-refractivity contribution is 0.101. The summed E-state index contributed by atoms with van der Waals surface area (Å²) in [5.41, 5.74) is 1.55. The van der Waals surface area contributed by atoms with Crippen molar-refractivity contribution in [3.05, 3.63) is 64.7 Å². The Morgan fingerprint density at radius 1 is 1.11 bits per heavy atom. The summed E-state index contributed by atoms with van der Waals surface area (Å²) in [6, 6.07) is 14.9. The highest BCUT2D eigenvalue weighted by atomic mass is 35.5. The van der Waals surface area contributed by atoms with E-state index in [0.717, 1.165) is 5.56 Å². The van der Waals surface area contributed by atoms with Crippen molar-refractivity contribution in [2.24, 2.45) is 0 Å². The molecule has 0 atom stereocenters. The fourth-order valence-electron chi connectivity index (χ4n) is 1.66. The van der Waals surface area contributed by atoms with Gasteiger partial charge in [0.05, 0.1) is 10.6 Å². The molecule has 0 aliphatic rings. The number of carbonyl (C=O) groups excluding carboxylic acids is 1. The highest BCUT2D eigenvalue weighted by Crippen LogP contribution is 2.29. The highest BCUT2D eigenvalue weighted by Gasteiger charge is 2.12. The quantitative estimate of drug-likeness (QED) is 0.773. The van der Waals surface area contributed by atoms with Crippen LogP contribution in [0.5, 0.6) is 5.75 Å². The molecule has 0 saturated heterocycles. The van der Waals surface area contributed by atoms with Gasteiger partial charge in [0, 0.05) is 0 Å². The normalized spacial score (nSPS) is 10.1. The fourth-order valence-corrected chi connectivity index (χ4v) is 1.89. The van der Waals surface area contributed by atoms with Gasteiger partial charge in [0.15, 0.2) is 5.78 Å². The molecule has 18 heavy (non-hydrogen) atoms. The molecule has 2 aromatic carbocycles. The maximum absolute atomic E-state index is 11.5. The number of halogens is 1. The van der Waals surface area contributed by atoms with E-state index in [0.29, 0.717) is 22.9 Å². The van der Waals surface area contributed by atoms with Crippen LogP contribution in [0.2, 0.25) is 5.02 Å². The topological polar surface area (TPSA) is 26.3 Å². The van der Waals surface area contributed by atoms with Crippen LogP contribution in [0.1, 0.15) is 22.8 Å². The molecule has 0 spiro atoms. The van der Waals surface area contributed by atoms with Crippen molar-refractivity contribution in [3.63, 3.8) is 0 Å². The summed E-state index contributed by atoms with van der Waals surface area (Å²) < 4.78 is 5.66. The summed E-state index contributed by atoms with van der Waals surface area (Å²) >= 11 is 6.06. The zero-order valence-electron chi connectivity index (χ0n) is 10.0. The summed E-state index contributed by atoms with van der Waals surface area (Å²) in [7, 11) is 0. The van der Waals surface area contributed by atoms with Crippen LogP contribution in [-0.4, -0.2) is 5.78 Å². The van der Waals surface area contributed by atoms with Crippen molar-refractivity contribution < 1.29 is 9.53 Å². The van der Waals surface area contributed by atoms with E-state index in [-0.39, 0.29) is 5.78 Å². The van der Waals surface area contributed by atoms with Crippen molar-refractivity contribution in [1.82, 2.24) is 0 Å². The van der Waals surface area contributed by atoms with Crippen molar-refractivity contribution in [2.45, 2.75) is 13.5 Å². The van der Waals surface area contributed by atoms with Crippen LogP contribution in [0.3, 0.4) is 0 Å². The average molecular weight is 261 g/mol. The number of Topliss-reactive ketones (excluding diaryl/α,β-unsaturated/α-hetero) is 1. The van der Waals surface area contributed by atoms with E-state index in [1.54, 1.807) is 18.2 Å². The van der Waals surface area contributed by atoms with Gasteiger partial charge in [-0.15, -0.1) is 0 Å². The second-order valence-corrected chi connectivity index (χ2v) is 4.35. The smallest absolute Gasteiger partial charge is 0.163 e. The predicted octanol–water partition coefficient (Wildman–Crippen LogP) is 4.12. The summed E-state index contributed by atoms with van der Waals surface area (Å²) in [6.07, 6.45) is 0. The standard InChI is InChI=1S/C15H13ClO2/c1-11(17)13-8-5-9-14(16)15(13)18-10-12-6-3-2-4-7-12/h2-9H,10H2,1H3. The molecule has 0 saturated carbocycles. The van der Waals surface area contributed by atoms with Gasteiger partial charge in [-0.05, 0) is 24.6 Å². The average Bonchev–Trinajstić information content (AvgIpc) is 2.38. The molecule has 2 aromatic rings. The van der Waals surface area contributed by atoms with Gasteiger partial charge < -0.3 is 4.74 Å². The lowest BCUT2D eigenvalue weighted by atomic mass is 10.1. The number of para-hydroxylation sites is 1. The maximum atomic E-state index is 11.5. The van der Waals surface area contributed by atoms with Crippen molar-refractivity contribution in [3.8, 4) is 5.75 Å². The first kappa shape index (κ1) is 12.7. The summed E-state index contributed by atoms with van der Waals surface area (Å²) in [5.74, 6) is 0.399. The van der Waals surface area contributed by atoms with Gasteiger partial charge in [-0.3, -0.25) is 4.79 Å². The fraction of sp³-hybridized carbons (Fsp3) is 0.133. The molecular formula is C15H13ClO2. The van der Waals surface area contributed by atoms with Crippen LogP contribution in [0, 0.1) is 0 Å². The predicted molar refractivity (Wildman–Crippen MR) is 72.2 cm³/mol. The van der Waals surface area contributed by atoms with E-state index in [9.17, 15) is 4.79 Å². The van der Waals surface area contributed by atoms with E-state index in [4.69, 9.17) is 16.3 Å². The lowest BCUT2D eigenvalue weighted by Gasteiger charge is -2.11. The third-order valence-corrected chi connectivity index (χ3v) is 2.87. The number of benzene rings is 2. The van der Waals surface area contributed by atoms with Crippen molar-refractivity contribution in [2.75, 3.05) is 0 Å². The first-order valence-corrected chi connectivity index (χ1v) is 6.02. The Morgan fingerprint density at radius 2 is 1.83 bits per heavy atom. The van der Waals surface area contributed by atoms with Gasteiger partial charge in [0.1, 0.15) is 12.4 Å². The number of hydrogen-bond acceptors (Lipinski definition) is 2. The first-order valence-electron chi connectivity index (χ1n) is 5.64. The Kier molecular flexibility index (Phi) is 4.00. The Bertz CT molecular complexity index is 550. The third kappa shape index (κ3) is 2.90. The molecule has 0 bridgehead atoms. The molecule has 3 heteroatoms. The molecule has 0 fully saturated rings. The Morgan fingerprint density at radius 3 is 2.50 bits per heavy atom. The summed E-state index contributed by atoms with van der Waals surface area (Å²) in [5, 5.41) is 0.457. The Hall–Kier alpha value is -1.80. The monoisotopic (exact) mass is 260 g/mol. The minimum Gasteiger partial charge on any atom is -0.487 e. The van der Waals surface area contributed by atoms with Gasteiger partial charge in [0.2, 0.25) is 0 Å². The van der Waals surface area contributed by atoms with Crippen LogP contribution in [-0.2, 0) is 6.61 Å². The largest absolute Gasteiger partial charge is 0.487 e. The highest BCUT2D eigenvalue weighted by molar-refractivity contribution is 6.32. The molecule has 92 valence electrons. The molecule has 2 rings (SSSR count). The van der Waals surface area contributed by atoms with Crippen LogP contribution in [0.15, 0.2) is 48.5 Å². The molecule has 0 amide bonds. The van der Waals surface area contributed by atoms with Gasteiger partial charge >= 0.3 is 0 Å². The minimum absolute atomic E-state index is 0.0550. The van der Waals surface area contributed by atoms with Gasteiger partial charge in [-0.2, -0.15) is 0 Å². The molecule has 2 nitrogen and oxygen atoms in total. The van der Waals surface area contributed by atoms with Crippen LogP contribution >= 0.6 is 11.6 Å². The molecular weight excluding hydrogens is 248 g/mol. The number of ether oxygens (including phenoxy) is 1. The SMILES string of the molecule is CC(=O)c1cccc(Cl)c1OCc1ccccc1. The third-order valence-electron chi connectivity index (χ3n) is 2.57. The lowest BCUT2D eigenvalue weighted by Crippen LogP contribution is -2.02. The molecule has 0 heterocycles. The van der Waals surface area contributed by atoms with Crippen molar-refractivity contribution >= 4 is 17.4 Å². The van der Waals surface area contributed by atoms with Gasteiger partial charge in [0.25, 0.3) is 0 Å². The summed E-state index contributed by atoms with van der Waals surface area (Å²) in [4.78, 5) is 11.5. The zero-order valence-corrected chi connectivity index (χ0v) is 10.8. The van der Waals surface area contributed by atoms with Crippen LogP contribution < -0.4 is 4.74 Å². The van der Waals surface area contributed by atoms with E-state index >= 15 is 0 Å². The molecule has 0 N–H and O–H groups in total. The molecule has 0 unspecified atom stereocenters. The first-order chi connectivity index (χ1) is 8.68. The molecule has 0 aliphatic carbocycles. The van der Waals surface area contributed by atoms with E-state index < -0.39 is 0 Å². The molecule has 0 aliphatic heterocycles. The number of hydrogen-bond donors (Lipinski definition) is 0. The van der Waals surface area contributed by atoms with Gasteiger partial charge in [-0.25, -0.2) is 0 Å². The van der Waals surface area contributed by atoms with Gasteiger partial charge in [-0.1, -0.05) is 48.0 Å². The van der Waals surface area contributed by atoms with E-state index in [1.807, 2.05) is 30.3 Å². The zero-order chi connectivity index (χ0) is 13.0. The van der Waals surface area contributed by atoms with Crippen molar-refractivity contribution in [1.29, 1.82) is 0 Å².